The van der Waals surface area contributed by atoms with E-state index >= 15 is 0 Å². The third-order valence-electron chi connectivity index (χ3n) is 3.69. The van der Waals surface area contributed by atoms with E-state index in [2.05, 4.69) is 27.3 Å². The summed E-state index contributed by atoms with van der Waals surface area (Å²) < 4.78 is 0. The molecule has 2 heterocycles. The first-order valence-electron chi connectivity index (χ1n) is 7.31. The summed E-state index contributed by atoms with van der Waals surface area (Å²) in [7, 11) is 0. The first-order chi connectivity index (χ1) is 10.2. The highest BCUT2D eigenvalue weighted by Crippen LogP contribution is 2.22. The molecule has 0 aliphatic carbocycles. The smallest absolute Gasteiger partial charge is 0.267 e. The summed E-state index contributed by atoms with van der Waals surface area (Å²) in [5.74, 6) is -0.0914. The van der Waals surface area contributed by atoms with Gasteiger partial charge in [-0.3, -0.25) is 4.79 Å². The summed E-state index contributed by atoms with van der Waals surface area (Å²) >= 11 is 1.41. The summed E-state index contributed by atoms with van der Waals surface area (Å²) in [6, 6.07) is 8.10. The lowest BCUT2D eigenvalue weighted by Crippen LogP contribution is -2.29. The second-order valence-corrected chi connectivity index (χ2v) is 6.53. The number of hydrogen-bond donors (Lipinski definition) is 1. The van der Waals surface area contributed by atoms with Gasteiger partial charge in [0.15, 0.2) is 0 Å². The molecule has 1 fully saturated rings. The van der Waals surface area contributed by atoms with Gasteiger partial charge in [-0.15, -0.1) is 11.3 Å². The lowest BCUT2D eigenvalue weighted by atomic mass is 10.1. The number of benzene rings is 1. The van der Waals surface area contributed by atoms with Gasteiger partial charge in [-0.2, -0.15) is 0 Å². The zero-order chi connectivity index (χ0) is 14.7. The number of carbonyl (C=O) groups is 1. The van der Waals surface area contributed by atoms with E-state index in [1.165, 1.54) is 36.3 Å². The summed E-state index contributed by atoms with van der Waals surface area (Å²) in [4.78, 5) is 19.2. The van der Waals surface area contributed by atoms with Gasteiger partial charge in [0, 0.05) is 24.5 Å². The second-order valence-electron chi connectivity index (χ2n) is 5.29. The molecule has 1 aromatic heterocycles. The molecule has 0 saturated carbocycles. The number of amides is 1. The minimum absolute atomic E-state index is 0.0914. The molecule has 1 N–H and O–H groups in total. The number of hydrogen-bond acceptors (Lipinski definition) is 4. The highest BCUT2D eigenvalue weighted by atomic mass is 32.1. The number of piperidine rings is 1. The van der Waals surface area contributed by atoms with Crippen LogP contribution in [0.4, 0.5) is 11.4 Å². The fourth-order valence-electron chi connectivity index (χ4n) is 2.57. The average molecular weight is 301 g/mol. The zero-order valence-electron chi connectivity index (χ0n) is 12.1. The molecular formula is C16H19N3OS. The van der Waals surface area contributed by atoms with Crippen LogP contribution in [0.3, 0.4) is 0 Å². The molecule has 1 aliphatic rings. The van der Waals surface area contributed by atoms with E-state index in [4.69, 9.17) is 0 Å². The maximum absolute atomic E-state index is 12.1. The third-order valence-corrected chi connectivity index (χ3v) is 4.60. The van der Waals surface area contributed by atoms with Crippen LogP contribution in [0, 0.1) is 6.92 Å². The third kappa shape index (κ3) is 3.42. The van der Waals surface area contributed by atoms with Crippen LogP contribution in [-0.4, -0.2) is 24.0 Å². The molecule has 21 heavy (non-hydrogen) atoms. The summed E-state index contributed by atoms with van der Waals surface area (Å²) in [5, 5.41) is 3.82. The number of nitrogens with zero attached hydrogens (tertiary/aromatic N) is 2. The van der Waals surface area contributed by atoms with Crippen molar-refractivity contribution in [3.63, 3.8) is 0 Å². The summed E-state index contributed by atoms with van der Waals surface area (Å²) in [5.41, 5.74) is 2.06. The van der Waals surface area contributed by atoms with Gasteiger partial charge >= 0.3 is 0 Å². The van der Waals surface area contributed by atoms with Crippen LogP contribution in [-0.2, 0) is 0 Å². The predicted molar refractivity (Wildman–Crippen MR) is 87.3 cm³/mol. The monoisotopic (exact) mass is 301 g/mol. The predicted octanol–water partition coefficient (Wildman–Crippen LogP) is 3.69. The van der Waals surface area contributed by atoms with Crippen molar-refractivity contribution < 1.29 is 4.79 Å². The van der Waals surface area contributed by atoms with Gasteiger partial charge in [-0.1, -0.05) is 0 Å². The molecule has 110 valence electrons. The van der Waals surface area contributed by atoms with Gasteiger partial charge in [0.2, 0.25) is 0 Å². The molecule has 2 aromatic rings. The Morgan fingerprint density at radius 3 is 2.52 bits per heavy atom. The van der Waals surface area contributed by atoms with Gasteiger partial charge in [-0.25, -0.2) is 4.98 Å². The minimum Gasteiger partial charge on any atom is -0.372 e. The van der Waals surface area contributed by atoms with Crippen LogP contribution in [0.15, 0.2) is 30.5 Å². The van der Waals surface area contributed by atoms with E-state index in [1.54, 1.807) is 6.20 Å². The lowest BCUT2D eigenvalue weighted by Gasteiger charge is -2.28. The maximum atomic E-state index is 12.1. The highest BCUT2D eigenvalue weighted by molar-refractivity contribution is 7.13. The SMILES string of the molecule is Cc1ncc(C(=O)Nc2ccc(N3CCCCC3)cc2)s1. The molecule has 1 aliphatic heterocycles. The molecule has 0 atom stereocenters. The van der Waals surface area contributed by atoms with Gasteiger partial charge in [0.25, 0.3) is 5.91 Å². The average Bonchev–Trinajstić information content (AvgIpc) is 2.96. The van der Waals surface area contributed by atoms with Crippen molar-refractivity contribution >= 4 is 28.6 Å². The van der Waals surface area contributed by atoms with Crippen LogP contribution in [0.1, 0.15) is 33.9 Å². The molecule has 3 rings (SSSR count). The number of nitrogens with one attached hydrogen (secondary N) is 1. The quantitative estimate of drug-likeness (QED) is 0.940. The largest absolute Gasteiger partial charge is 0.372 e. The Morgan fingerprint density at radius 1 is 1.19 bits per heavy atom. The molecule has 1 amide bonds. The Kier molecular flexibility index (Phi) is 4.20. The van der Waals surface area contributed by atoms with Gasteiger partial charge in [0.1, 0.15) is 4.88 Å². The van der Waals surface area contributed by atoms with Gasteiger partial charge in [0.05, 0.1) is 11.2 Å². The van der Waals surface area contributed by atoms with E-state index in [0.29, 0.717) is 4.88 Å². The highest BCUT2D eigenvalue weighted by Gasteiger charge is 2.12. The Balaban J connectivity index is 1.65. The van der Waals surface area contributed by atoms with E-state index in [1.807, 2.05) is 19.1 Å². The fourth-order valence-corrected chi connectivity index (χ4v) is 3.24. The van der Waals surface area contributed by atoms with Crippen molar-refractivity contribution in [3.05, 3.63) is 40.3 Å². The van der Waals surface area contributed by atoms with Gasteiger partial charge < -0.3 is 10.2 Å². The molecule has 0 unspecified atom stereocenters. The minimum atomic E-state index is -0.0914. The van der Waals surface area contributed by atoms with Crippen molar-refractivity contribution in [2.45, 2.75) is 26.2 Å². The molecule has 1 saturated heterocycles. The Morgan fingerprint density at radius 2 is 1.90 bits per heavy atom. The molecule has 4 nitrogen and oxygen atoms in total. The summed E-state index contributed by atoms with van der Waals surface area (Å²) in [6.07, 6.45) is 5.49. The number of rotatable bonds is 3. The number of carbonyl (C=O) groups excluding carboxylic acids is 1. The topological polar surface area (TPSA) is 45.2 Å². The lowest BCUT2D eigenvalue weighted by molar-refractivity contribution is 0.103. The number of anilines is 2. The first kappa shape index (κ1) is 14.1. The Hall–Kier alpha value is -1.88. The molecule has 5 heteroatoms. The van der Waals surface area contributed by atoms with Crippen LogP contribution >= 0.6 is 11.3 Å². The van der Waals surface area contributed by atoms with E-state index in [9.17, 15) is 4.79 Å². The van der Waals surface area contributed by atoms with Crippen LogP contribution < -0.4 is 10.2 Å². The van der Waals surface area contributed by atoms with E-state index in [0.717, 1.165) is 23.8 Å². The van der Waals surface area contributed by atoms with Crippen LogP contribution in [0.2, 0.25) is 0 Å². The van der Waals surface area contributed by atoms with E-state index < -0.39 is 0 Å². The van der Waals surface area contributed by atoms with E-state index in [-0.39, 0.29) is 5.91 Å². The second kappa shape index (κ2) is 6.26. The normalized spacial score (nSPS) is 15.0. The van der Waals surface area contributed by atoms with Crippen LogP contribution in [0.25, 0.3) is 0 Å². The standard InChI is InChI=1S/C16H19N3OS/c1-12-17-11-15(21-12)16(20)18-13-5-7-14(8-6-13)19-9-3-2-4-10-19/h5-8,11H,2-4,9-10H2,1H3,(H,18,20). The van der Waals surface area contributed by atoms with Crippen molar-refractivity contribution in [2.24, 2.45) is 0 Å². The zero-order valence-corrected chi connectivity index (χ0v) is 12.9. The van der Waals surface area contributed by atoms with Crippen molar-refractivity contribution in [3.8, 4) is 0 Å². The molecular weight excluding hydrogens is 282 g/mol. The number of aromatic nitrogens is 1. The van der Waals surface area contributed by atoms with Crippen molar-refractivity contribution in [1.29, 1.82) is 0 Å². The Labute approximate surface area is 128 Å². The molecule has 1 aromatic carbocycles. The van der Waals surface area contributed by atoms with Crippen molar-refractivity contribution in [1.82, 2.24) is 4.98 Å². The van der Waals surface area contributed by atoms with Gasteiger partial charge in [-0.05, 0) is 50.5 Å². The summed E-state index contributed by atoms with van der Waals surface area (Å²) in [6.45, 7) is 4.16. The number of thiazole rings is 1. The Bertz CT molecular complexity index is 615. The molecule has 0 bridgehead atoms. The number of aryl methyl sites for hydroxylation is 1. The molecule has 0 spiro atoms. The maximum Gasteiger partial charge on any atom is 0.267 e. The van der Waals surface area contributed by atoms with Crippen LogP contribution in [0.5, 0.6) is 0 Å². The fraction of sp³-hybridized carbons (Fsp3) is 0.375. The molecule has 0 radical (unpaired) electrons. The first-order valence-corrected chi connectivity index (χ1v) is 8.13. The van der Waals surface area contributed by atoms with Crippen molar-refractivity contribution in [2.75, 3.05) is 23.3 Å².